The number of carbonyl (C=O) groups excluding carboxylic acids is 1. The van der Waals surface area contributed by atoms with E-state index < -0.39 is 42.4 Å². The smallest absolute Gasteiger partial charge is 0.379 e. The third-order valence-corrected chi connectivity index (χ3v) is 6.53. The second kappa shape index (κ2) is 14.4. The predicted octanol–water partition coefficient (Wildman–Crippen LogP) is 4.70. The highest BCUT2D eigenvalue weighted by Gasteiger charge is 2.60. The molecule has 0 amide bonds. The minimum atomic E-state index is -4.15. The molecule has 0 spiro atoms. The number of esters is 1. The third kappa shape index (κ3) is 7.71. The average molecular weight is 557 g/mol. The Hall–Kier alpha value is -3.21. The van der Waals surface area contributed by atoms with Crippen LogP contribution < -0.4 is 0 Å². The van der Waals surface area contributed by atoms with Crippen LogP contribution in [0, 0.1) is 0 Å². The van der Waals surface area contributed by atoms with E-state index in [1.54, 1.807) is 0 Å². The van der Waals surface area contributed by atoms with Crippen LogP contribution in [0.4, 0.5) is 8.78 Å². The summed E-state index contributed by atoms with van der Waals surface area (Å²) in [5, 5.41) is 11.2. The zero-order valence-electron chi connectivity index (χ0n) is 22.2. The van der Waals surface area contributed by atoms with Gasteiger partial charge in [-0.1, -0.05) is 91.0 Å². The van der Waals surface area contributed by atoms with E-state index in [2.05, 4.69) is 4.74 Å². The Kier molecular flexibility index (Phi) is 10.7. The second-order valence-corrected chi connectivity index (χ2v) is 9.45. The Morgan fingerprint density at radius 3 is 1.77 bits per heavy atom. The van der Waals surface area contributed by atoms with Gasteiger partial charge >= 0.3 is 11.9 Å². The van der Waals surface area contributed by atoms with Gasteiger partial charge in [0.05, 0.1) is 33.0 Å². The molecule has 5 atom stereocenters. The number of halogens is 2. The Labute approximate surface area is 232 Å². The lowest BCUT2D eigenvalue weighted by Gasteiger charge is -2.45. The van der Waals surface area contributed by atoms with Crippen molar-refractivity contribution in [3.05, 3.63) is 108 Å². The predicted molar refractivity (Wildman–Crippen MR) is 142 cm³/mol. The Balaban J connectivity index is 1.60. The maximum Gasteiger partial charge on any atom is 0.379 e. The first-order valence-corrected chi connectivity index (χ1v) is 13.2. The van der Waals surface area contributed by atoms with Crippen LogP contribution in [0.3, 0.4) is 0 Å². The molecule has 1 aliphatic rings. The van der Waals surface area contributed by atoms with Gasteiger partial charge in [-0.15, -0.1) is 0 Å². The van der Waals surface area contributed by atoms with Gasteiger partial charge < -0.3 is 28.8 Å². The summed E-state index contributed by atoms with van der Waals surface area (Å²) in [5.41, 5.74) is 2.49. The highest BCUT2D eigenvalue weighted by Crippen LogP contribution is 2.36. The maximum absolute atomic E-state index is 15.3. The molecule has 9 heteroatoms. The molecule has 1 fully saturated rings. The van der Waals surface area contributed by atoms with E-state index in [0.29, 0.717) is 0 Å². The van der Waals surface area contributed by atoms with Crippen LogP contribution in [0.2, 0.25) is 0 Å². The number of aliphatic hydroxyl groups is 1. The molecule has 1 aliphatic heterocycles. The quantitative estimate of drug-likeness (QED) is 0.306. The van der Waals surface area contributed by atoms with Gasteiger partial charge in [0.15, 0.2) is 6.10 Å². The number of carbonyl (C=O) groups is 1. The van der Waals surface area contributed by atoms with E-state index >= 15 is 8.78 Å². The monoisotopic (exact) mass is 556 g/mol. The number of rotatable bonds is 13. The molecule has 7 nitrogen and oxygen atoms in total. The summed E-state index contributed by atoms with van der Waals surface area (Å²) in [5.74, 6) is -5.93. The number of alkyl halides is 2. The minimum absolute atomic E-state index is 0.0169. The number of hydrogen-bond acceptors (Lipinski definition) is 7. The molecular formula is C31H34F2O7. The molecule has 0 saturated carbocycles. The molecule has 0 aliphatic carbocycles. The molecule has 0 aromatic heterocycles. The number of ether oxygens (including phenoxy) is 5. The number of benzene rings is 3. The van der Waals surface area contributed by atoms with E-state index in [-0.39, 0.29) is 33.0 Å². The molecule has 4 rings (SSSR count). The molecule has 1 saturated heterocycles. The van der Waals surface area contributed by atoms with Crippen molar-refractivity contribution in [1.29, 1.82) is 0 Å². The Morgan fingerprint density at radius 2 is 1.27 bits per heavy atom. The number of aliphatic hydroxyl groups excluding tert-OH is 1. The number of hydrogen-bond donors (Lipinski definition) is 1. The molecule has 1 N–H and O–H groups in total. The van der Waals surface area contributed by atoms with Crippen LogP contribution in [0.5, 0.6) is 0 Å². The van der Waals surface area contributed by atoms with Crippen molar-refractivity contribution in [1.82, 2.24) is 0 Å². The van der Waals surface area contributed by atoms with Gasteiger partial charge in [-0.2, -0.15) is 8.78 Å². The van der Waals surface area contributed by atoms with E-state index in [1.807, 2.05) is 91.0 Å². The molecule has 3 aromatic rings. The van der Waals surface area contributed by atoms with Gasteiger partial charge in [0.1, 0.15) is 24.4 Å². The molecule has 3 aromatic carbocycles. The fourth-order valence-electron chi connectivity index (χ4n) is 4.50. The van der Waals surface area contributed by atoms with Crippen LogP contribution in [-0.2, 0) is 48.3 Å². The first kappa shape index (κ1) is 29.8. The molecule has 1 heterocycles. The van der Waals surface area contributed by atoms with Crippen molar-refractivity contribution in [3.8, 4) is 0 Å². The van der Waals surface area contributed by atoms with E-state index in [0.717, 1.165) is 16.7 Å². The van der Waals surface area contributed by atoms with Gasteiger partial charge in [-0.3, -0.25) is 0 Å². The average Bonchev–Trinajstić information content (AvgIpc) is 2.98. The largest absolute Gasteiger partial charge is 0.461 e. The standard InChI is InChI=1S/C31H34F2O7/c1-2-37-30(35)31(32,33)29-26(34)28(39-20-24-16-10-5-11-17-24)27(38-19-23-14-8-4-9-15-23)25(40-29)21-36-18-22-12-6-3-7-13-22/h3-17,25-29,34H,2,18-21H2,1H3/t25-,26+,27-,28-,29-/m1/s1. The van der Waals surface area contributed by atoms with Gasteiger partial charge in [0, 0.05) is 0 Å². The summed E-state index contributed by atoms with van der Waals surface area (Å²) in [7, 11) is 0. The first-order chi connectivity index (χ1) is 19.4. The van der Waals surface area contributed by atoms with Crippen molar-refractivity contribution in [2.24, 2.45) is 0 Å². The topological polar surface area (TPSA) is 83.5 Å². The van der Waals surface area contributed by atoms with E-state index in [1.165, 1.54) is 6.92 Å². The van der Waals surface area contributed by atoms with Crippen LogP contribution >= 0.6 is 0 Å². The molecule has 0 unspecified atom stereocenters. The molecule has 0 radical (unpaired) electrons. The molecule has 214 valence electrons. The summed E-state index contributed by atoms with van der Waals surface area (Å²) >= 11 is 0. The van der Waals surface area contributed by atoms with Crippen LogP contribution in [0.1, 0.15) is 23.6 Å². The molecular weight excluding hydrogens is 522 g/mol. The second-order valence-electron chi connectivity index (χ2n) is 9.45. The Bertz CT molecular complexity index is 1160. The van der Waals surface area contributed by atoms with Crippen molar-refractivity contribution < 1.29 is 42.4 Å². The van der Waals surface area contributed by atoms with Gasteiger partial charge in [-0.05, 0) is 23.6 Å². The van der Waals surface area contributed by atoms with Crippen molar-refractivity contribution in [3.63, 3.8) is 0 Å². The zero-order chi connectivity index (χ0) is 28.4. The highest BCUT2D eigenvalue weighted by atomic mass is 19.3. The lowest BCUT2D eigenvalue weighted by atomic mass is 9.91. The fraction of sp³-hybridized carbons (Fsp3) is 0.387. The summed E-state index contributed by atoms with van der Waals surface area (Å²) in [6, 6.07) is 27.7. The lowest BCUT2D eigenvalue weighted by Crippen LogP contribution is -2.66. The van der Waals surface area contributed by atoms with Crippen molar-refractivity contribution in [2.75, 3.05) is 13.2 Å². The zero-order valence-corrected chi connectivity index (χ0v) is 22.2. The summed E-state index contributed by atoms with van der Waals surface area (Å²) in [6.07, 6.45) is -7.51. The summed E-state index contributed by atoms with van der Waals surface area (Å²) in [4.78, 5) is 12.2. The Morgan fingerprint density at radius 1 is 0.800 bits per heavy atom. The van der Waals surface area contributed by atoms with Crippen molar-refractivity contribution in [2.45, 2.75) is 63.2 Å². The SMILES string of the molecule is CCOC(=O)C(F)(F)[C@@H]1O[C@H](COCc2ccccc2)[C@@H](OCc2ccccc2)[C@H](OCc2ccccc2)[C@@H]1O. The molecule has 0 bridgehead atoms. The third-order valence-electron chi connectivity index (χ3n) is 6.53. The maximum atomic E-state index is 15.3. The van der Waals surface area contributed by atoms with Crippen LogP contribution in [0.25, 0.3) is 0 Å². The molecule has 40 heavy (non-hydrogen) atoms. The highest BCUT2D eigenvalue weighted by molar-refractivity contribution is 5.78. The van der Waals surface area contributed by atoms with E-state index in [9.17, 15) is 9.90 Å². The normalized spacial score (nSPS) is 23.1. The van der Waals surface area contributed by atoms with Gasteiger partial charge in [-0.25, -0.2) is 4.79 Å². The summed E-state index contributed by atoms with van der Waals surface area (Å²) < 4.78 is 59.0. The lowest BCUT2D eigenvalue weighted by molar-refractivity contribution is -0.298. The van der Waals surface area contributed by atoms with E-state index in [4.69, 9.17) is 18.9 Å². The van der Waals surface area contributed by atoms with Crippen LogP contribution in [-0.4, -0.2) is 60.7 Å². The first-order valence-electron chi connectivity index (χ1n) is 13.2. The van der Waals surface area contributed by atoms with Gasteiger partial charge in [0.25, 0.3) is 0 Å². The minimum Gasteiger partial charge on any atom is -0.461 e. The van der Waals surface area contributed by atoms with Crippen LogP contribution in [0.15, 0.2) is 91.0 Å². The van der Waals surface area contributed by atoms with Gasteiger partial charge in [0.2, 0.25) is 0 Å². The summed E-state index contributed by atoms with van der Waals surface area (Å²) in [6.45, 7) is 1.35. The van der Waals surface area contributed by atoms with Crippen molar-refractivity contribution >= 4 is 5.97 Å². The fourth-order valence-corrected chi connectivity index (χ4v) is 4.50.